The largest absolute Gasteiger partial charge is 0.357 e. The number of thiazole rings is 1. The summed E-state index contributed by atoms with van der Waals surface area (Å²) in [6.07, 6.45) is 3.74. The molecule has 80 valence electrons. The maximum atomic E-state index is 4.27. The van der Waals surface area contributed by atoms with Gasteiger partial charge in [0.1, 0.15) is 4.60 Å². The minimum atomic E-state index is 0.308. The van der Waals surface area contributed by atoms with E-state index in [9.17, 15) is 0 Å². The van der Waals surface area contributed by atoms with E-state index in [-0.39, 0.29) is 0 Å². The maximum absolute atomic E-state index is 4.27. The molecule has 0 amide bonds. The molecule has 1 N–H and O–H groups in total. The number of nitrogens with zero attached hydrogens (tertiary/aromatic N) is 3. The molecular formula is C9H11BrN4S. The average molecular weight is 287 g/mol. The molecular weight excluding hydrogens is 276 g/mol. The zero-order valence-corrected chi connectivity index (χ0v) is 10.6. The van der Waals surface area contributed by atoms with Crippen molar-refractivity contribution < 1.29 is 0 Å². The van der Waals surface area contributed by atoms with Crippen molar-refractivity contribution in [1.29, 1.82) is 0 Å². The lowest BCUT2D eigenvalue weighted by atomic mass is 10.3. The monoisotopic (exact) mass is 286 g/mol. The zero-order chi connectivity index (χ0) is 10.7. The molecule has 4 nitrogen and oxygen atoms in total. The Bertz CT molecular complexity index is 411. The van der Waals surface area contributed by atoms with E-state index >= 15 is 0 Å². The fraction of sp³-hybridized carbons (Fsp3) is 0.333. The molecule has 0 aromatic carbocycles. The van der Waals surface area contributed by atoms with E-state index in [0.29, 0.717) is 6.04 Å². The Morgan fingerprint density at radius 3 is 3.13 bits per heavy atom. The molecule has 0 saturated carbocycles. The van der Waals surface area contributed by atoms with Crippen LogP contribution in [-0.2, 0) is 6.54 Å². The van der Waals surface area contributed by atoms with E-state index in [0.717, 1.165) is 16.3 Å². The molecule has 1 atom stereocenters. The summed E-state index contributed by atoms with van der Waals surface area (Å²) < 4.78 is 2.78. The molecule has 2 aromatic heterocycles. The normalized spacial score (nSPS) is 12.7. The van der Waals surface area contributed by atoms with E-state index in [2.05, 4.69) is 38.3 Å². The molecule has 2 heterocycles. The average Bonchev–Trinajstić information content (AvgIpc) is 2.77. The minimum Gasteiger partial charge on any atom is -0.357 e. The molecule has 0 saturated heterocycles. The van der Waals surface area contributed by atoms with Crippen LogP contribution in [0.1, 0.15) is 6.92 Å². The van der Waals surface area contributed by atoms with Gasteiger partial charge in [0.05, 0.1) is 6.54 Å². The molecule has 15 heavy (non-hydrogen) atoms. The van der Waals surface area contributed by atoms with Gasteiger partial charge >= 0.3 is 0 Å². The van der Waals surface area contributed by atoms with Gasteiger partial charge in [0.2, 0.25) is 0 Å². The molecule has 0 aliphatic rings. The molecule has 0 aliphatic carbocycles. The van der Waals surface area contributed by atoms with Crippen LogP contribution in [0.3, 0.4) is 0 Å². The summed E-state index contributed by atoms with van der Waals surface area (Å²) in [5.74, 6) is 0. The number of rotatable bonds is 4. The number of aromatic nitrogens is 3. The summed E-state index contributed by atoms with van der Waals surface area (Å²) in [4.78, 5) is 4.27. The van der Waals surface area contributed by atoms with Crippen LogP contribution in [0.15, 0.2) is 28.4 Å². The van der Waals surface area contributed by atoms with Gasteiger partial charge in [0.25, 0.3) is 0 Å². The van der Waals surface area contributed by atoms with E-state index in [1.807, 2.05) is 22.3 Å². The van der Waals surface area contributed by atoms with Gasteiger partial charge < -0.3 is 5.32 Å². The third-order valence-corrected chi connectivity index (χ3v) is 3.35. The first-order valence-corrected chi connectivity index (χ1v) is 6.26. The highest BCUT2D eigenvalue weighted by molar-refractivity contribution is 9.10. The second kappa shape index (κ2) is 4.76. The standard InChI is InChI=1S/C9H11BrN4S/c1-7(5-14-4-2-3-11-14)12-9-13-8(10)6-15-9/h2-4,6-7H,5H2,1H3,(H,12,13). The second-order valence-electron chi connectivity index (χ2n) is 3.25. The van der Waals surface area contributed by atoms with Gasteiger partial charge in [-0.1, -0.05) is 0 Å². The summed E-state index contributed by atoms with van der Waals surface area (Å²) in [6, 6.07) is 2.23. The zero-order valence-electron chi connectivity index (χ0n) is 8.22. The van der Waals surface area contributed by atoms with Crippen LogP contribution in [0.5, 0.6) is 0 Å². The lowest BCUT2D eigenvalue weighted by Crippen LogP contribution is -2.22. The highest BCUT2D eigenvalue weighted by Crippen LogP contribution is 2.20. The first-order chi connectivity index (χ1) is 7.24. The van der Waals surface area contributed by atoms with Gasteiger partial charge in [-0.2, -0.15) is 5.10 Å². The third kappa shape index (κ3) is 3.04. The third-order valence-electron chi connectivity index (χ3n) is 1.87. The topological polar surface area (TPSA) is 42.7 Å². The molecule has 6 heteroatoms. The Hall–Kier alpha value is -0.880. The van der Waals surface area contributed by atoms with E-state index < -0.39 is 0 Å². The minimum absolute atomic E-state index is 0.308. The van der Waals surface area contributed by atoms with Crippen molar-refractivity contribution in [1.82, 2.24) is 14.8 Å². The van der Waals surface area contributed by atoms with Gasteiger partial charge in [-0.25, -0.2) is 4.98 Å². The summed E-state index contributed by atoms with van der Waals surface area (Å²) >= 11 is 4.92. The van der Waals surface area contributed by atoms with Gasteiger partial charge in [0, 0.05) is 23.8 Å². The van der Waals surface area contributed by atoms with Crippen LogP contribution in [-0.4, -0.2) is 20.8 Å². The Kier molecular flexibility index (Phi) is 3.37. The van der Waals surface area contributed by atoms with Crippen LogP contribution in [0.4, 0.5) is 5.13 Å². The number of hydrogen-bond acceptors (Lipinski definition) is 4. The van der Waals surface area contributed by atoms with Crippen molar-refractivity contribution in [3.63, 3.8) is 0 Å². The van der Waals surface area contributed by atoms with Gasteiger partial charge in [-0.3, -0.25) is 4.68 Å². The van der Waals surface area contributed by atoms with Gasteiger partial charge in [0.15, 0.2) is 5.13 Å². The molecule has 0 radical (unpaired) electrons. The molecule has 1 unspecified atom stereocenters. The van der Waals surface area contributed by atoms with Crippen molar-refractivity contribution in [2.24, 2.45) is 0 Å². The highest BCUT2D eigenvalue weighted by Gasteiger charge is 2.05. The molecule has 0 aliphatic heterocycles. The quantitative estimate of drug-likeness (QED) is 0.940. The summed E-state index contributed by atoms with van der Waals surface area (Å²) in [5.41, 5.74) is 0. The van der Waals surface area contributed by atoms with Crippen molar-refractivity contribution in [3.05, 3.63) is 28.4 Å². The predicted molar refractivity (Wildman–Crippen MR) is 65.1 cm³/mol. The lowest BCUT2D eigenvalue weighted by molar-refractivity contribution is 0.560. The number of anilines is 1. The summed E-state index contributed by atoms with van der Waals surface area (Å²) in [6.45, 7) is 2.95. The molecule has 0 bridgehead atoms. The first-order valence-electron chi connectivity index (χ1n) is 4.59. The van der Waals surface area contributed by atoms with Crippen molar-refractivity contribution in [3.8, 4) is 0 Å². The van der Waals surface area contributed by atoms with Crippen LogP contribution in [0.25, 0.3) is 0 Å². The summed E-state index contributed by atoms with van der Waals surface area (Å²) in [7, 11) is 0. The first kappa shape index (κ1) is 10.6. The fourth-order valence-electron chi connectivity index (χ4n) is 1.27. The van der Waals surface area contributed by atoms with E-state index in [1.54, 1.807) is 17.5 Å². The van der Waals surface area contributed by atoms with Crippen LogP contribution < -0.4 is 5.32 Å². The Morgan fingerprint density at radius 2 is 2.53 bits per heavy atom. The predicted octanol–water partition coefficient (Wildman–Crippen LogP) is 2.60. The maximum Gasteiger partial charge on any atom is 0.184 e. The van der Waals surface area contributed by atoms with Crippen molar-refractivity contribution >= 4 is 32.4 Å². The Labute approximate surface area is 100 Å². The lowest BCUT2D eigenvalue weighted by Gasteiger charge is -2.12. The van der Waals surface area contributed by atoms with Crippen molar-refractivity contribution in [2.45, 2.75) is 19.5 Å². The van der Waals surface area contributed by atoms with E-state index in [1.165, 1.54) is 0 Å². The number of nitrogens with one attached hydrogen (secondary N) is 1. The fourth-order valence-corrected chi connectivity index (χ4v) is 2.52. The SMILES string of the molecule is CC(Cn1cccn1)Nc1nc(Br)cs1. The van der Waals surface area contributed by atoms with E-state index in [4.69, 9.17) is 0 Å². The van der Waals surface area contributed by atoms with Gasteiger partial charge in [-0.15, -0.1) is 11.3 Å². The Morgan fingerprint density at radius 1 is 1.67 bits per heavy atom. The molecule has 2 rings (SSSR count). The smallest absolute Gasteiger partial charge is 0.184 e. The van der Waals surface area contributed by atoms with Crippen molar-refractivity contribution in [2.75, 3.05) is 5.32 Å². The van der Waals surface area contributed by atoms with Crippen LogP contribution in [0, 0.1) is 0 Å². The molecule has 0 fully saturated rings. The Balaban J connectivity index is 1.90. The van der Waals surface area contributed by atoms with Crippen LogP contribution in [0.2, 0.25) is 0 Å². The molecule has 0 spiro atoms. The number of hydrogen-bond donors (Lipinski definition) is 1. The molecule has 2 aromatic rings. The highest BCUT2D eigenvalue weighted by atomic mass is 79.9. The van der Waals surface area contributed by atoms with Crippen LogP contribution >= 0.6 is 27.3 Å². The summed E-state index contributed by atoms with van der Waals surface area (Å²) in [5, 5.41) is 10.4. The second-order valence-corrected chi connectivity index (χ2v) is 4.92. The number of halogens is 1. The van der Waals surface area contributed by atoms with Gasteiger partial charge in [-0.05, 0) is 28.9 Å².